The Kier molecular flexibility index (Phi) is 10.3. The first kappa shape index (κ1) is 34.4. The number of nitrogens with zero attached hydrogens (tertiary/aromatic N) is 4. The van der Waals surface area contributed by atoms with Crippen LogP contribution in [-0.4, -0.2) is 22.2 Å². The van der Waals surface area contributed by atoms with E-state index in [9.17, 15) is 19.8 Å². The molecule has 0 atom stereocenters. The molecule has 1 aliphatic rings. The van der Waals surface area contributed by atoms with Crippen LogP contribution in [0.2, 0.25) is 0 Å². The molecule has 0 radical (unpaired) electrons. The van der Waals surface area contributed by atoms with Gasteiger partial charge in [-0.2, -0.15) is 0 Å². The van der Waals surface area contributed by atoms with E-state index in [4.69, 9.17) is 45.2 Å². The van der Waals surface area contributed by atoms with Gasteiger partial charge in [-0.05, 0) is 74.6 Å². The molecule has 0 aliphatic carbocycles. The third-order valence-electron chi connectivity index (χ3n) is 8.28. The number of rotatable bonds is 6. The fraction of sp³-hybridized carbons (Fsp3) is 0.294. The average Bonchev–Trinajstić information content (AvgIpc) is 3.59. The minimum Gasteiger partial charge on any atom is -0.657 e. The maximum Gasteiger partial charge on any atom is 4.00 e. The molecule has 0 spiro atoms. The molecule has 0 saturated heterocycles. The molecule has 5 heterocycles. The van der Waals surface area contributed by atoms with Crippen molar-refractivity contribution in [3.8, 4) is 0 Å². The maximum atomic E-state index is 11.6. The Balaban J connectivity index is 0.00000461. The molecule has 45 heavy (non-hydrogen) atoms. The van der Waals surface area contributed by atoms with Crippen LogP contribution in [0.1, 0.15) is 82.8 Å². The van der Waals surface area contributed by atoms with E-state index in [1.165, 1.54) is 0 Å². The molecule has 0 fully saturated rings. The van der Waals surface area contributed by atoms with E-state index in [0.717, 1.165) is 70.4 Å². The van der Waals surface area contributed by atoms with Gasteiger partial charge in [0.15, 0.2) is 0 Å². The summed E-state index contributed by atoms with van der Waals surface area (Å²) in [5.74, 6) is -1.80. The van der Waals surface area contributed by atoms with Crippen molar-refractivity contribution in [2.24, 2.45) is 0 Å². The number of fused-ring (bicyclic) bond motifs is 8. The quantitative estimate of drug-likeness (QED) is 0.151. The first-order valence-electron chi connectivity index (χ1n) is 14.3. The minimum atomic E-state index is -0.900. The fourth-order valence-electron chi connectivity index (χ4n) is 5.97. The van der Waals surface area contributed by atoms with Gasteiger partial charge in [0.05, 0.1) is 0 Å². The van der Waals surface area contributed by atoms with Crippen molar-refractivity contribution in [3.63, 3.8) is 0 Å². The summed E-state index contributed by atoms with van der Waals surface area (Å²) >= 11 is 9.40. The summed E-state index contributed by atoms with van der Waals surface area (Å²) in [6.45, 7) is 11.8. The van der Waals surface area contributed by atoms with E-state index in [2.05, 4.69) is 0 Å². The van der Waals surface area contributed by atoms with Gasteiger partial charge < -0.3 is 30.1 Å². The van der Waals surface area contributed by atoms with Gasteiger partial charge in [0.1, 0.15) is 0 Å². The number of carbonyl (C=O) groups is 2. The molecule has 8 nitrogen and oxygen atoms in total. The van der Waals surface area contributed by atoms with Gasteiger partial charge in [0, 0.05) is 12.8 Å². The number of carboxylic acid groups (broad SMARTS) is 2. The summed E-state index contributed by atoms with van der Waals surface area (Å²) in [5, 5.41) is 23.5. The molecule has 11 heteroatoms. The normalized spacial score (nSPS) is 16.5. The summed E-state index contributed by atoms with van der Waals surface area (Å²) in [4.78, 5) is 44.7. The van der Waals surface area contributed by atoms with Gasteiger partial charge in [-0.1, -0.05) is 57.7 Å². The largest absolute Gasteiger partial charge is 4.00 e. The number of carboxylic acids is 2. The monoisotopic (exact) mass is 682 g/mol. The number of hydrogen-bond donors (Lipinski definition) is 4. The summed E-state index contributed by atoms with van der Waals surface area (Å²) in [7, 11) is 0. The van der Waals surface area contributed by atoms with Crippen molar-refractivity contribution in [2.75, 3.05) is 0 Å². The predicted molar refractivity (Wildman–Crippen MR) is 178 cm³/mol. The molecule has 8 bridgehead atoms. The van der Waals surface area contributed by atoms with Crippen molar-refractivity contribution < 1.29 is 36.9 Å². The van der Waals surface area contributed by atoms with E-state index in [0.29, 0.717) is 27.4 Å². The fourth-order valence-corrected chi connectivity index (χ4v) is 6.54. The topological polar surface area (TPSA) is 131 Å². The molecule has 5 rings (SSSR count). The smallest absolute Gasteiger partial charge is 0.657 e. The Labute approximate surface area is 282 Å². The van der Waals surface area contributed by atoms with Crippen LogP contribution in [0.3, 0.4) is 0 Å². The van der Waals surface area contributed by atoms with Crippen LogP contribution in [0.25, 0.3) is 34.1 Å². The van der Waals surface area contributed by atoms with Crippen LogP contribution in [-0.2, 0) is 39.5 Å². The first-order valence-corrected chi connectivity index (χ1v) is 15.2. The Bertz CT molecular complexity index is 2220. The molecule has 0 aromatic carbocycles. The second-order valence-corrected chi connectivity index (χ2v) is 12.6. The molecular weight excluding hydrogens is 648 g/mol. The summed E-state index contributed by atoms with van der Waals surface area (Å²) < 4.78 is 0. The first-order chi connectivity index (χ1) is 20.8. The molecule has 1 aliphatic heterocycles. The molecule has 0 unspecified atom stereocenters. The summed E-state index contributed by atoms with van der Waals surface area (Å²) in [6, 6.07) is 0. The SMILES string of the molecule is C/C(S)=c1\c(C)c2[n-]\c1=C/c1[n-]c(c(CCC(=O)O)c1C)/C=c1\[n-]/c(c(C)c1CCC(=O)O)=C\c1[n-]c(/c(=C(/C)S)c1C)=C\2.[Fe+4]. The van der Waals surface area contributed by atoms with Gasteiger partial charge in [-0.15, -0.1) is 69.4 Å². The van der Waals surface area contributed by atoms with Crippen LogP contribution in [0.5, 0.6) is 0 Å². The molecule has 234 valence electrons. The molecule has 4 aromatic heterocycles. The van der Waals surface area contributed by atoms with Crippen molar-refractivity contribution in [1.29, 1.82) is 0 Å². The number of thiol groups is 2. The minimum absolute atomic E-state index is 0. The van der Waals surface area contributed by atoms with Gasteiger partial charge in [0.25, 0.3) is 0 Å². The zero-order valence-corrected chi connectivity index (χ0v) is 28.8. The van der Waals surface area contributed by atoms with Gasteiger partial charge in [-0.3, -0.25) is 9.59 Å². The van der Waals surface area contributed by atoms with E-state index < -0.39 is 11.9 Å². The van der Waals surface area contributed by atoms with Crippen LogP contribution < -0.4 is 51.8 Å². The second-order valence-electron chi connectivity index (χ2n) is 11.3. The van der Waals surface area contributed by atoms with Crippen LogP contribution in [0, 0.1) is 27.7 Å². The van der Waals surface area contributed by atoms with E-state index >= 15 is 0 Å². The molecule has 4 aromatic rings. The number of hydrogen-bond acceptors (Lipinski definition) is 4. The Morgan fingerprint density at radius 1 is 0.578 bits per heavy atom. The zero-order valence-electron chi connectivity index (χ0n) is 25.9. The zero-order chi connectivity index (χ0) is 32.0. The second kappa shape index (κ2) is 13.5. The van der Waals surface area contributed by atoms with Crippen molar-refractivity contribution >= 4 is 71.3 Å². The Hall–Kier alpha value is -3.50. The average molecular weight is 683 g/mol. The predicted octanol–water partition coefficient (Wildman–Crippen LogP) is 0.525. The van der Waals surface area contributed by atoms with Crippen molar-refractivity contribution in [1.82, 2.24) is 19.9 Å². The van der Waals surface area contributed by atoms with E-state index in [1.54, 1.807) is 0 Å². The number of aromatic nitrogens is 4. The molecule has 2 N–H and O–H groups in total. The third kappa shape index (κ3) is 6.72. The van der Waals surface area contributed by atoms with E-state index in [-0.39, 0.29) is 42.8 Å². The Morgan fingerprint density at radius 3 is 1.47 bits per heavy atom. The van der Waals surface area contributed by atoms with Gasteiger partial charge in [-0.25, -0.2) is 0 Å². The van der Waals surface area contributed by atoms with Crippen molar-refractivity contribution in [2.45, 2.75) is 67.2 Å². The van der Waals surface area contributed by atoms with E-state index in [1.807, 2.05) is 65.8 Å². The van der Waals surface area contributed by atoms with Gasteiger partial charge >= 0.3 is 29.0 Å². The third-order valence-corrected chi connectivity index (χ3v) is 8.73. The summed E-state index contributed by atoms with van der Waals surface area (Å²) in [6.07, 6.45) is 8.13. The number of aliphatic carboxylic acids is 2. The van der Waals surface area contributed by atoms with Crippen LogP contribution in [0.15, 0.2) is 0 Å². The Morgan fingerprint density at radius 2 is 1.00 bits per heavy atom. The molecule has 0 amide bonds. The maximum absolute atomic E-state index is 11.6. The summed E-state index contributed by atoms with van der Waals surface area (Å²) in [5.41, 5.74) is 8.05. The van der Waals surface area contributed by atoms with Crippen LogP contribution >= 0.6 is 25.3 Å². The molecule has 0 saturated carbocycles. The van der Waals surface area contributed by atoms with Gasteiger partial charge in [0.2, 0.25) is 0 Å². The standard InChI is InChI=1S/C34H34N4O4S2.Fe/c1-15-21(7-9-31(39)40)27-14-28-22(8-10-32(41)42)16(2)24(36-28)12-29-34(20(6)44)18(4)26(38-29)13-30-33(19(5)43)17(3)25(37-30)11-23(15)35-27;/h11-14,43-44H,7-10H2,1-6H3,(H,39,40)(H,41,42);/q-4;+4/b23-11-,27-14-,29-12-,30-13-,33-19-,34-20-;. The van der Waals surface area contributed by atoms with Crippen molar-refractivity contribution in [3.05, 3.63) is 88.0 Å². The molecular formula is C34H34FeN4O4S2. The van der Waals surface area contributed by atoms with Crippen LogP contribution in [0.4, 0.5) is 0 Å².